The summed E-state index contributed by atoms with van der Waals surface area (Å²) in [7, 11) is -2.86. The third-order valence-electron chi connectivity index (χ3n) is 5.18. The van der Waals surface area contributed by atoms with Crippen molar-refractivity contribution in [3.8, 4) is 11.5 Å². The molecule has 1 spiro atoms. The molecule has 2 saturated heterocycles. The van der Waals surface area contributed by atoms with E-state index in [1.807, 2.05) is 32.9 Å². The van der Waals surface area contributed by atoms with Gasteiger partial charge < -0.3 is 27.1 Å². The van der Waals surface area contributed by atoms with Crippen molar-refractivity contribution in [2.75, 3.05) is 26.4 Å². The van der Waals surface area contributed by atoms with Crippen LogP contribution in [0.15, 0.2) is 30.3 Å². The molecule has 30 heavy (non-hydrogen) atoms. The summed E-state index contributed by atoms with van der Waals surface area (Å²) in [5, 5.41) is 0. The first-order valence-corrected chi connectivity index (χ1v) is 12.2. The summed E-state index contributed by atoms with van der Waals surface area (Å²) in [6, 6.07) is 10.3. The van der Waals surface area contributed by atoms with Crippen molar-refractivity contribution in [2.24, 2.45) is 5.41 Å². The Morgan fingerprint density at radius 1 is 0.667 bits per heavy atom. The zero-order valence-electron chi connectivity index (χ0n) is 18.1. The van der Waals surface area contributed by atoms with Crippen LogP contribution in [0, 0.1) is 40.0 Å². The molecular formula is C22H28O6P2. The molecule has 0 unspecified atom stereocenters. The lowest BCUT2D eigenvalue weighted by Crippen LogP contribution is -2.45. The summed E-state index contributed by atoms with van der Waals surface area (Å²) >= 11 is 0. The van der Waals surface area contributed by atoms with E-state index in [2.05, 4.69) is 32.0 Å². The van der Waals surface area contributed by atoms with Crippen molar-refractivity contribution in [2.45, 2.75) is 34.6 Å². The predicted molar refractivity (Wildman–Crippen MR) is 118 cm³/mol. The Morgan fingerprint density at radius 2 is 1.17 bits per heavy atom. The molecule has 0 N–H and O–H groups in total. The van der Waals surface area contributed by atoms with Gasteiger partial charge in [-0.05, 0) is 57.4 Å². The first kappa shape index (κ1) is 22.0. The highest BCUT2D eigenvalue weighted by Crippen LogP contribution is 2.53. The molecule has 0 saturated carbocycles. The largest absolute Gasteiger partial charge is 0.426 e. The van der Waals surface area contributed by atoms with Gasteiger partial charge in [-0.1, -0.05) is 35.4 Å². The maximum absolute atomic E-state index is 6.05. The Bertz CT molecular complexity index is 877. The van der Waals surface area contributed by atoms with Gasteiger partial charge in [-0.25, -0.2) is 0 Å². The third kappa shape index (κ3) is 4.96. The van der Waals surface area contributed by atoms with Crippen molar-refractivity contribution in [3.05, 3.63) is 58.1 Å². The number of rotatable bonds is 4. The van der Waals surface area contributed by atoms with Gasteiger partial charge in [0.15, 0.2) is 0 Å². The van der Waals surface area contributed by atoms with E-state index in [4.69, 9.17) is 27.1 Å². The van der Waals surface area contributed by atoms with Crippen LogP contribution in [0.25, 0.3) is 0 Å². The van der Waals surface area contributed by atoms with Crippen LogP contribution in [0.3, 0.4) is 0 Å². The maximum Gasteiger partial charge on any atom is 0.397 e. The van der Waals surface area contributed by atoms with E-state index in [0.29, 0.717) is 26.4 Å². The summed E-state index contributed by atoms with van der Waals surface area (Å²) in [5.41, 5.74) is 5.32. The van der Waals surface area contributed by atoms with Crippen LogP contribution in [0.2, 0.25) is 0 Å². The van der Waals surface area contributed by atoms with Gasteiger partial charge in [-0.15, -0.1) is 0 Å². The van der Waals surface area contributed by atoms with Crippen LogP contribution in [0.1, 0.15) is 27.8 Å². The Morgan fingerprint density at radius 3 is 1.70 bits per heavy atom. The maximum atomic E-state index is 6.05. The van der Waals surface area contributed by atoms with Crippen molar-refractivity contribution >= 4 is 17.2 Å². The monoisotopic (exact) mass is 450 g/mol. The molecule has 0 bridgehead atoms. The van der Waals surface area contributed by atoms with Crippen molar-refractivity contribution in [1.29, 1.82) is 0 Å². The average Bonchev–Trinajstić information content (AvgIpc) is 2.70. The molecule has 2 aliphatic rings. The molecule has 162 valence electrons. The first-order valence-electron chi connectivity index (χ1n) is 9.97. The molecule has 6 nitrogen and oxygen atoms in total. The second-order valence-corrected chi connectivity index (χ2v) is 10.5. The van der Waals surface area contributed by atoms with Gasteiger partial charge in [0.25, 0.3) is 0 Å². The topological polar surface area (TPSA) is 55.4 Å². The molecule has 4 rings (SSSR count). The minimum atomic E-state index is -1.44. The number of hydrogen-bond donors (Lipinski definition) is 0. The lowest BCUT2D eigenvalue weighted by Gasteiger charge is -2.41. The Kier molecular flexibility index (Phi) is 6.64. The molecule has 0 aliphatic carbocycles. The predicted octanol–water partition coefficient (Wildman–Crippen LogP) is 6.22. The van der Waals surface area contributed by atoms with E-state index in [9.17, 15) is 0 Å². The van der Waals surface area contributed by atoms with Gasteiger partial charge in [0, 0.05) is 0 Å². The molecule has 2 aromatic rings. The second kappa shape index (κ2) is 9.08. The fourth-order valence-electron chi connectivity index (χ4n) is 3.56. The number of aryl methyl sites for hydroxylation is 5. The quantitative estimate of drug-likeness (QED) is 0.516. The molecule has 0 aromatic heterocycles. The molecule has 2 heterocycles. The molecule has 8 heteroatoms. The average molecular weight is 450 g/mol. The summed E-state index contributed by atoms with van der Waals surface area (Å²) in [6.07, 6.45) is 0. The standard InChI is InChI=1S/C22H28O6P2/c1-15-6-7-20(17(3)8-15)27-29-23-11-22(12-24-29)13-25-30(26-14-22)28-21-18(4)9-16(2)10-19(21)5/h6-10H,11-14H2,1-5H3. The fourth-order valence-corrected chi connectivity index (χ4v) is 6.24. The van der Waals surface area contributed by atoms with Crippen molar-refractivity contribution in [1.82, 2.24) is 0 Å². The van der Waals surface area contributed by atoms with Gasteiger partial charge in [0.05, 0.1) is 31.8 Å². The van der Waals surface area contributed by atoms with Gasteiger partial charge >= 0.3 is 17.2 Å². The van der Waals surface area contributed by atoms with E-state index in [1.165, 1.54) is 11.1 Å². The van der Waals surface area contributed by atoms with Gasteiger partial charge in [-0.3, -0.25) is 0 Å². The Balaban J connectivity index is 1.29. The third-order valence-corrected chi connectivity index (χ3v) is 7.22. The van der Waals surface area contributed by atoms with Crippen LogP contribution in [-0.4, -0.2) is 26.4 Å². The molecule has 0 amide bonds. The highest BCUT2D eigenvalue weighted by molar-refractivity contribution is 7.42. The zero-order valence-corrected chi connectivity index (χ0v) is 19.8. The van der Waals surface area contributed by atoms with Crippen molar-refractivity contribution < 1.29 is 27.1 Å². The minimum absolute atomic E-state index is 0.329. The summed E-state index contributed by atoms with van der Waals surface area (Å²) < 4.78 is 35.6. The summed E-state index contributed by atoms with van der Waals surface area (Å²) in [6.45, 7) is 12.1. The minimum Gasteiger partial charge on any atom is -0.426 e. The highest BCUT2D eigenvalue weighted by Gasteiger charge is 2.45. The molecule has 2 fully saturated rings. The van der Waals surface area contributed by atoms with Crippen LogP contribution >= 0.6 is 17.2 Å². The normalized spacial score (nSPS) is 26.6. The molecule has 2 aliphatic heterocycles. The fraction of sp³-hybridized carbons (Fsp3) is 0.455. The van der Waals surface area contributed by atoms with Crippen LogP contribution < -0.4 is 9.05 Å². The second-order valence-electron chi connectivity index (χ2n) is 8.22. The van der Waals surface area contributed by atoms with Gasteiger partial charge in [0.1, 0.15) is 11.5 Å². The van der Waals surface area contributed by atoms with E-state index in [0.717, 1.165) is 28.2 Å². The van der Waals surface area contributed by atoms with E-state index >= 15 is 0 Å². The molecule has 2 aromatic carbocycles. The first-order chi connectivity index (χ1) is 14.3. The van der Waals surface area contributed by atoms with Crippen molar-refractivity contribution in [3.63, 3.8) is 0 Å². The summed E-state index contributed by atoms with van der Waals surface area (Å²) in [4.78, 5) is 0. The molecular weight excluding hydrogens is 422 g/mol. The van der Waals surface area contributed by atoms with E-state index in [1.54, 1.807) is 0 Å². The Labute approximate surface area is 180 Å². The van der Waals surface area contributed by atoms with E-state index in [-0.39, 0.29) is 5.41 Å². The van der Waals surface area contributed by atoms with Crippen LogP contribution in [0.5, 0.6) is 11.5 Å². The molecule has 0 atom stereocenters. The lowest BCUT2D eigenvalue weighted by atomic mass is 9.93. The lowest BCUT2D eigenvalue weighted by molar-refractivity contribution is -0.0673. The SMILES string of the molecule is Cc1ccc(OP2OCC3(CO2)COP(Oc2c(C)cc(C)cc2C)OC3)c(C)c1. The van der Waals surface area contributed by atoms with Crippen LogP contribution in [-0.2, 0) is 18.1 Å². The summed E-state index contributed by atoms with van der Waals surface area (Å²) in [5.74, 6) is 1.63. The van der Waals surface area contributed by atoms with Gasteiger partial charge in [-0.2, -0.15) is 0 Å². The smallest absolute Gasteiger partial charge is 0.397 e. The highest BCUT2D eigenvalue weighted by atomic mass is 31.2. The zero-order chi connectivity index (χ0) is 21.3. The van der Waals surface area contributed by atoms with E-state index < -0.39 is 17.2 Å². The van der Waals surface area contributed by atoms with Crippen LogP contribution in [0.4, 0.5) is 0 Å². The van der Waals surface area contributed by atoms with Gasteiger partial charge in [0.2, 0.25) is 0 Å². The number of benzene rings is 2. The molecule has 0 radical (unpaired) electrons. The number of hydrogen-bond acceptors (Lipinski definition) is 6. The Hall–Kier alpha value is -1.26.